The summed E-state index contributed by atoms with van der Waals surface area (Å²) in [6, 6.07) is 8.74. The maximum Gasteiger partial charge on any atom is 0.451 e. The highest BCUT2D eigenvalue weighted by molar-refractivity contribution is 6.06. The van der Waals surface area contributed by atoms with Crippen molar-refractivity contribution >= 4 is 44.9 Å². The SMILES string of the molecule is O=C(OF)[C@@H]1C[C@H](Oc2nc3ccc(F)cc3[nH]2)CN1c1nc(C(F)(F)F)nc2c1oc1ccccc12. The Morgan fingerprint density at radius 2 is 1.95 bits per heavy atom. The van der Waals surface area contributed by atoms with Gasteiger partial charge in [-0.25, -0.2) is 19.2 Å². The summed E-state index contributed by atoms with van der Waals surface area (Å²) in [5, 5.41) is 0.303. The number of ether oxygens (including phenoxy) is 1. The summed E-state index contributed by atoms with van der Waals surface area (Å²) < 4.78 is 79.2. The van der Waals surface area contributed by atoms with Crippen molar-refractivity contribution in [2.75, 3.05) is 11.4 Å². The Hall–Kier alpha value is -4.49. The molecule has 0 amide bonds. The number of hydrogen-bond donors (Lipinski definition) is 1. The number of para-hydroxylation sites is 1. The molecule has 3 aromatic heterocycles. The smallest absolute Gasteiger partial charge is 0.451 e. The van der Waals surface area contributed by atoms with Crippen molar-refractivity contribution in [1.82, 2.24) is 19.9 Å². The van der Waals surface area contributed by atoms with E-state index in [1.165, 1.54) is 24.3 Å². The summed E-state index contributed by atoms with van der Waals surface area (Å²) in [7, 11) is 0. The van der Waals surface area contributed by atoms with E-state index in [1.807, 2.05) is 0 Å². The first-order valence-electron chi connectivity index (χ1n) is 10.9. The van der Waals surface area contributed by atoms with Crippen LogP contribution in [0.1, 0.15) is 12.2 Å². The van der Waals surface area contributed by atoms with Crippen molar-refractivity contribution in [1.29, 1.82) is 0 Å². The number of nitrogens with zero attached hydrogens (tertiary/aromatic N) is 4. The molecule has 1 fully saturated rings. The van der Waals surface area contributed by atoms with E-state index in [-0.39, 0.29) is 41.5 Å². The number of H-pyrrole nitrogens is 1. The number of anilines is 1. The zero-order chi connectivity index (χ0) is 25.9. The second-order valence-electron chi connectivity index (χ2n) is 8.39. The Bertz CT molecular complexity index is 1670. The van der Waals surface area contributed by atoms with E-state index in [0.717, 1.165) is 4.90 Å². The molecule has 37 heavy (non-hydrogen) atoms. The second-order valence-corrected chi connectivity index (χ2v) is 8.39. The van der Waals surface area contributed by atoms with E-state index in [2.05, 4.69) is 24.9 Å². The van der Waals surface area contributed by atoms with Gasteiger partial charge in [-0.1, -0.05) is 12.1 Å². The van der Waals surface area contributed by atoms with Crippen molar-refractivity contribution in [3.8, 4) is 6.01 Å². The minimum atomic E-state index is -4.92. The van der Waals surface area contributed by atoms with Crippen molar-refractivity contribution in [2.24, 2.45) is 0 Å². The maximum absolute atomic E-state index is 13.7. The van der Waals surface area contributed by atoms with Crippen LogP contribution in [0.4, 0.5) is 27.9 Å². The van der Waals surface area contributed by atoms with Gasteiger partial charge < -0.3 is 19.0 Å². The molecule has 0 radical (unpaired) electrons. The normalized spacial score (nSPS) is 18.2. The van der Waals surface area contributed by atoms with E-state index < -0.39 is 35.9 Å². The summed E-state index contributed by atoms with van der Waals surface area (Å²) >= 11 is 0. The topological polar surface area (TPSA) is 106 Å². The predicted molar refractivity (Wildman–Crippen MR) is 118 cm³/mol. The van der Waals surface area contributed by atoms with Crippen LogP contribution in [0.25, 0.3) is 33.1 Å². The van der Waals surface area contributed by atoms with E-state index in [1.54, 1.807) is 18.2 Å². The minimum Gasteiger partial charge on any atom is -0.459 e. The molecule has 0 unspecified atom stereocenters. The Kier molecular flexibility index (Phi) is 5.14. The number of hydrogen-bond acceptors (Lipinski definition) is 8. The molecular weight excluding hydrogens is 505 g/mol. The number of carbonyl (C=O) groups excluding carboxylic acids is 1. The number of carbonyl (C=O) groups is 1. The van der Waals surface area contributed by atoms with Crippen LogP contribution >= 0.6 is 0 Å². The second kappa shape index (κ2) is 8.28. The summed E-state index contributed by atoms with van der Waals surface area (Å²) in [6.45, 7) is -0.203. The lowest BCUT2D eigenvalue weighted by molar-refractivity contribution is -0.185. The summed E-state index contributed by atoms with van der Waals surface area (Å²) in [6.07, 6.45) is -5.96. The highest BCUT2D eigenvalue weighted by atomic mass is 19.4. The van der Waals surface area contributed by atoms with Crippen molar-refractivity contribution in [3.05, 3.63) is 54.1 Å². The van der Waals surface area contributed by atoms with Crippen LogP contribution in [-0.4, -0.2) is 44.6 Å². The monoisotopic (exact) mass is 519 g/mol. The first kappa shape index (κ1) is 22.9. The largest absolute Gasteiger partial charge is 0.459 e. The van der Waals surface area contributed by atoms with Crippen molar-refractivity contribution in [2.45, 2.75) is 24.7 Å². The first-order valence-corrected chi connectivity index (χ1v) is 10.9. The van der Waals surface area contributed by atoms with E-state index in [0.29, 0.717) is 16.4 Å². The zero-order valence-corrected chi connectivity index (χ0v) is 18.4. The lowest BCUT2D eigenvalue weighted by Gasteiger charge is -2.23. The number of aromatic amines is 1. The zero-order valence-electron chi connectivity index (χ0n) is 18.4. The fourth-order valence-corrected chi connectivity index (χ4v) is 4.46. The quantitative estimate of drug-likeness (QED) is 0.336. The molecule has 1 aliphatic heterocycles. The average molecular weight is 519 g/mol. The Labute approximate surface area is 202 Å². The van der Waals surface area contributed by atoms with Gasteiger partial charge in [0.15, 0.2) is 11.4 Å². The average Bonchev–Trinajstić information content (AvgIpc) is 3.57. The highest BCUT2D eigenvalue weighted by Gasteiger charge is 2.44. The Morgan fingerprint density at radius 1 is 1.14 bits per heavy atom. The molecular formula is C23H14F5N5O4. The number of halogens is 5. The van der Waals surface area contributed by atoms with Gasteiger partial charge in [0, 0.05) is 16.3 Å². The van der Waals surface area contributed by atoms with Crippen LogP contribution in [-0.2, 0) is 15.9 Å². The molecule has 1 aliphatic rings. The molecule has 1 saturated heterocycles. The van der Waals surface area contributed by atoms with Gasteiger partial charge in [0.25, 0.3) is 6.01 Å². The van der Waals surface area contributed by atoms with Crippen LogP contribution in [0.3, 0.4) is 0 Å². The van der Waals surface area contributed by atoms with Crippen LogP contribution in [0.15, 0.2) is 46.9 Å². The number of furan rings is 1. The molecule has 0 saturated carbocycles. The maximum atomic E-state index is 13.7. The third-order valence-electron chi connectivity index (χ3n) is 6.04. The molecule has 14 heteroatoms. The van der Waals surface area contributed by atoms with Crippen LogP contribution in [0, 0.1) is 5.82 Å². The molecule has 9 nitrogen and oxygen atoms in total. The fraction of sp³-hybridized carbons (Fsp3) is 0.217. The van der Waals surface area contributed by atoms with Crippen molar-refractivity contribution in [3.63, 3.8) is 0 Å². The number of rotatable bonds is 4. The molecule has 0 spiro atoms. The molecule has 5 aromatic rings. The Morgan fingerprint density at radius 3 is 2.73 bits per heavy atom. The van der Waals surface area contributed by atoms with Gasteiger partial charge in [-0.15, -0.1) is 0 Å². The van der Waals surface area contributed by atoms with E-state index in [4.69, 9.17) is 9.15 Å². The molecule has 4 heterocycles. The number of imidazole rings is 1. The molecule has 0 bridgehead atoms. The predicted octanol–water partition coefficient (Wildman–Crippen LogP) is 4.86. The van der Waals surface area contributed by atoms with Gasteiger partial charge in [0.2, 0.25) is 5.82 Å². The highest BCUT2D eigenvalue weighted by Crippen LogP contribution is 2.39. The molecule has 2 aromatic carbocycles. The molecule has 6 rings (SSSR count). The van der Waals surface area contributed by atoms with Gasteiger partial charge in [0.05, 0.1) is 17.6 Å². The summed E-state index contributed by atoms with van der Waals surface area (Å²) in [5.41, 5.74) is 0.757. The first-order chi connectivity index (χ1) is 17.7. The molecule has 190 valence electrons. The molecule has 0 aliphatic carbocycles. The van der Waals surface area contributed by atoms with Gasteiger partial charge in [-0.3, -0.25) is 4.94 Å². The number of alkyl halides is 3. The Balaban J connectivity index is 1.43. The molecule has 1 N–H and O–H groups in total. The number of aromatic nitrogens is 4. The standard InChI is InChI=1S/C23H14F5N5O4/c24-10-5-6-13-14(7-10)30-22(29-13)35-11-8-15(20(34)37-28)33(9-11)19-18-17(31-21(32-19)23(25,26)27)12-3-1-2-4-16(12)36-18/h1-7,11,15H,8-9H2,(H,29,30)/t11-,15-/m0/s1. The summed E-state index contributed by atoms with van der Waals surface area (Å²) in [4.78, 5) is 31.1. The lowest BCUT2D eigenvalue weighted by atomic mass is 10.2. The van der Waals surface area contributed by atoms with Crippen molar-refractivity contribution < 1.29 is 41.0 Å². The third kappa shape index (κ3) is 3.93. The third-order valence-corrected chi connectivity index (χ3v) is 6.04. The number of fused-ring (bicyclic) bond motifs is 4. The van der Waals surface area contributed by atoms with Crippen LogP contribution < -0.4 is 9.64 Å². The van der Waals surface area contributed by atoms with E-state index in [9.17, 15) is 26.9 Å². The minimum absolute atomic E-state index is 0.0210. The van der Waals surface area contributed by atoms with Crippen LogP contribution in [0.2, 0.25) is 0 Å². The molecule has 2 atom stereocenters. The fourth-order valence-electron chi connectivity index (χ4n) is 4.46. The van der Waals surface area contributed by atoms with Gasteiger partial charge in [-0.2, -0.15) is 18.2 Å². The van der Waals surface area contributed by atoms with Crippen LogP contribution in [0.5, 0.6) is 6.01 Å². The van der Waals surface area contributed by atoms with Gasteiger partial charge in [0.1, 0.15) is 29.1 Å². The number of nitrogens with one attached hydrogen (secondary N) is 1. The lowest BCUT2D eigenvalue weighted by Crippen LogP contribution is -2.37. The van der Waals surface area contributed by atoms with Gasteiger partial charge >= 0.3 is 12.1 Å². The number of benzene rings is 2. The van der Waals surface area contributed by atoms with E-state index >= 15 is 0 Å². The summed E-state index contributed by atoms with van der Waals surface area (Å²) in [5.74, 6) is -3.69. The van der Waals surface area contributed by atoms with Gasteiger partial charge in [-0.05, 0) is 30.3 Å².